The van der Waals surface area contributed by atoms with Crippen LogP contribution in [0.1, 0.15) is 12.2 Å². The Bertz CT molecular complexity index is 1080. The number of aryl methyl sites for hydroxylation is 1. The first-order chi connectivity index (χ1) is 13.3. The molecule has 2 aromatic carbocycles. The van der Waals surface area contributed by atoms with Crippen LogP contribution in [-0.2, 0) is 21.2 Å². The summed E-state index contributed by atoms with van der Waals surface area (Å²) in [5.41, 5.74) is 1.34. The highest BCUT2D eigenvalue weighted by atomic mass is 32.2. The Morgan fingerprint density at radius 2 is 1.68 bits per heavy atom. The van der Waals surface area contributed by atoms with E-state index in [1.54, 1.807) is 54.6 Å². The first-order valence-electron chi connectivity index (χ1n) is 8.51. The summed E-state index contributed by atoms with van der Waals surface area (Å²) in [6, 6.07) is 16.1. The van der Waals surface area contributed by atoms with E-state index in [1.165, 1.54) is 6.07 Å². The largest absolute Gasteiger partial charge is 0.461 e. The van der Waals surface area contributed by atoms with E-state index in [0.29, 0.717) is 34.9 Å². The molecule has 1 aromatic heterocycles. The smallest absolute Gasteiger partial charge is 0.229 e. The van der Waals surface area contributed by atoms with Crippen molar-refractivity contribution in [3.8, 4) is 11.3 Å². The molecular formula is C20H19FN2O4S. The number of nitrogens with one attached hydrogen (secondary N) is 2. The van der Waals surface area contributed by atoms with Gasteiger partial charge in [-0.05, 0) is 48.5 Å². The summed E-state index contributed by atoms with van der Waals surface area (Å²) in [7, 11) is -3.34. The molecule has 0 aliphatic carbocycles. The monoisotopic (exact) mass is 402 g/mol. The molecule has 28 heavy (non-hydrogen) atoms. The van der Waals surface area contributed by atoms with Crippen molar-refractivity contribution >= 4 is 27.3 Å². The summed E-state index contributed by atoms with van der Waals surface area (Å²) in [6.07, 6.45) is 1.62. The number of anilines is 2. The molecule has 1 amide bonds. The maximum absolute atomic E-state index is 13.8. The standard InChI is InChI=1S/C20H19FN2O4S/c1-28(25,26)23-15-8-6-14(7-9-15)22-20(24)13-11-16-10-12-19(27-16)17-4-2-3-5-18(17)21/h2-10,12,23H,11,13H2,1H3,(H,22,24). The predicted octanol–water partition coefficient (Wildman–Crippen LogP) is 4.03. The van der Waals surface area contributed by atoms with E-state index in [1.807, 2.05) is 0 Å². The highest BCUT2D eigenvalue weighted by Crippen LogP contribution is 2.25. The van der Waals surface area contributed by atoms with Crippen molar-refractivity contribution in [2.24, 2.45) is 0 Å². The number of benzene rings is 2. The van der Waals surface area contributed by atoms with Gasteiger partial charge in [0.15, 0.2) is 0 Å². The van der Waals surface area contributed by atoms with Gasteiger partial charge >= 0.3 is 0 Å². The Hall–Kier alpha value is -3.13. The minimum absolute atomic E-state index is 0.188. The summed E-state index contributed by atoms with van der Waals surface area (Å²) in [6.45, 7) is 0. The molecule has 1 heterocycles. The van der Waals surface area contributed by atoms with Gasteiger partial charge < -0.3 is 9.73 Å². The molecule has 6 nitrogen and oxygen atoms in total. The fraction of sp³-hybridized carbons (Fsp3) is 0.150. The number of carbonyl (C=O) groups is 1. The van der Waals surface area contributed by atoms with Gasteiger partial charge in [-0.15, -0.1) is 0 Å². The highest BCUT2D eigenvalue weighted by Gasteiger charge is 2.11. The van der Waals surface area contributed by atoms with Crippen LogP contribution < -0.4 is 10.0 Å². The quantitative estimate of drug-likeness (QED) is 0.625. The summed E-state index contributed by atoms with van der Waals surface area (Å²) in [5, 5.41) is 2.73. The van der Waals surface area contributed by atoms with E-state index in [4.69, 9.17) is 4.42 Å². The zero-order chi connectivity index (χ0) is 20.1. The number of carbonyl (C=O) groups excluding carboxylic acids is 1. The molecule has 2 N–H and O–H groups in total. The molecule has 0 saturated heterocycles. The number of hydrogen-bond acceptors (Lipinski definition) is 4. The van der Waals surface area contributed by atoms with Crippen molar-refractivity contribution in [1.82, 2.24) is 0 Å². The third kappa shape index (κ3) is 5.43. The second-order valence-electron chi connectivity index (χ2n) is 6.25. The molecule has 0 fully saturated rings. The van der Waals surface area contributed by atoms with Crippen LogP contribution in [0.5, 0.6) is 0 Å². The number of halogens is 1. The number of sulfonamides is 1. The van der Waals surface area contributed by atoms with Crippen molar-refractivity contribution < 1.29 is 22.0 Å². The molecule has 0 bridgehead atoms. The van der Waals surface area contributed by atoms with E-state index in [0.717, 1.165) is 6.26 Å². The predicted molar refractivity (Wildman–Crippen MR) is 106 cm³/mol. The number of furan rings is 1. The Morgan fingerprint density at radius 3 is 2.36 bits per heavy atom. The summed E-state index contributed by atoms with van der Waals surface area (Å²) in [5.74, 6) is 0.422. The van der Waals surface area contributed by atoms with Crippen LogP contribution in [0, 0.1) is 5.82 Å². The fourth-order valence-electron chi connectivity index (χ4n) is 2.61. The maximum Gasteiger partial charge on any atom is 0.229 e. The van der Waals surface area contributed by atoms with Crippen LogP contribution in [0.3, 0.4) is 0 Å². The molecule has 8 heteroatoms. The van der Waals surface area contributed by atoms with Crippen LogP contribution in [0.2, 0.25) is 0 Å². The Labute approximate surface area is 162 Å². The zero-order valence-electron chi connectivity index (χ0n) is 15.1. The molecule has 146 valence electrons. The van der Waals surface area contributed by atoms with Crippen molar-refractivity contribution in [3.63, 3.8) is 0 Å². The minimum Gasteiger partial charge on any atom is -0.461 e. The lowest BCUT2D eigenvalue weighted by Crippen LogP contribution is -2.12. The Kier molecular flexibility index (Phi) is 5.79. The van der Waals surface area contributed by atoms with Gasteiger partial charge in [-0.2, -0.15) is 0 Å². The first kappa shape index (κ1) is 19.6. The summed E-state index contributed by atoms with van der Waals surface area (Å²) >= 11 is 0. The van der Waals surface area contributed by atoms with E-state index in [9.17, 15) is 17.6 Å². The van der Waals surface area contributed by atoms with Crippen LogP contribution in [0.4, 0.5) is 15.8 Å². The molecule has 0 aliphatic rings. The lowest BCUT2D eigenvalue weighted by Gasteiger charge is -2.07. The zero-order valence-corrected chi connectivity index (χ0v) is 15.9. The lowest BCUT2D eigenvalue weighted by atomic mass is 10.1. The van der Waals surface area contributed by atoms with E-state index in [-0.39, 0.29) is 18.1 Å². The van der Waals surface area contributed by atoms with Crippen molar-refractivity contribution in [1.29, 1.82) is 0 Å². The lowest BCUT2D eigenvalue weighted by molar-refractivity contribution is -0.116. The molecule has 0 unspecified atom stereocenters. The Morgan fingerprint density at radius 1 is 1.00 bits per heavy atom. The fourth-order valence-corrected chi connectivity index (χ4v) is 3.18. The summed E-state index contributed by atoms with van der Waals surface area (Å²) in [4.78, 5) is 12.1. The van der Waals surface area contributed by atoms with Gasteiger partial charge in [0.05, 0.1) is 11.8 Å². The molecule has 3 rings (SSSR count). The van der Waals surface area contributed by atoms with Crippen molar-refractivity contribution in [2.45, 2.75) is 12.8 Å². The Balaban J connectivity index is 1.54. The maximum atomic E-state index is 13.8. The van der Waals surface area contributed by atoms with E-state index < -0.39 is 10.0 Å². The molecule has 0 radical (unpaired) electrons. The molecule has 3 aromatic rings. The number of amides is 1. The summed E-state index contributed by atoms with van der Waals surface area (Å²) < 4.78 is 44.1. The molecular weight excluding hydrogens is 383 g/mol. The average Bonchev–Trinajstić information content (AvgIpc) is 3.10. The molecule has 0 aliphatic heterocycles. The topological polar surface area (TPSA) is 88.4 Å². The van der Waals surface area contributed by atoms with E-state index in [2.05, 4.69) is 10.0 Å². The van der Waals surface area contributed by atoms with Gasteiger partial charge in [-0.3, -0.25) is 9.52 Å². The van der Waals surface area contributed by atoms with Gasteiger partial charge in [0.2, 0.25) is 15.9 Å². The molecule has 0 atom stereocenters. The normalized spacial score (nSPS) is 11.2. The van der Waals surface area contributed by atoms with Crippen LogP contribution in [0.25, 0.3) is 11.3 Å². The highest BCUT2D eigenvalue weighted by molar-refractivity contribution is 7.92. The number of hydrogen-bond donors (Lipinski definition) is 2. The van der Waals surface area contributed by atoms with Crippen molar-refractivity contribution in [2.75, 3.05) is 16.3 Å². The molecule has 0 spiro atoms. The average molecular weight is 402 g/mol. The van der Waals surface area contributed by atoms with Crippen LogP contribution >= 0.6 is 0 Å². The van der Waals surface area contributed by atoms with Crippen LogP contribution in [0.15, 0.2) is 65.1 Å². The van der Waals surface area contributed by atoms with Gasteiger partial charge in [-0.1, -0.05) is 12.1 Å². The SMILES string of the molecule is CS(=O)(=O)Nc1ccc(NC(=O)CCc2ccc(-c3ccccc3F)o2)cc1. The molecule has 0 saturated carbocycles. The second-order valence-corrected chi connectivity index (χ2v) is 7.99. The van der Waals surface area contributed by atoms with Crippen LogP contribution in [-0.4, -0.2) is 20.6 Å². The third-order valence-electron chi connectivity index (χ3n) is 3.87. The third-order valence-corrected chi connectivity index (χ3v) is 4.48. The van der Waals surface area contributed by atoms with Gasteiger partial charge in [0.25, 0.3) is 0 Å². The second kappa shape index (κ2) is 8.26. The minimum atomic E-state index is -3.34. The van der Waals surface area contributed by atoms with Gasteiger partial charge in [0, 0.05) is 24.2 Å². The first-order valence-corrected chi connectivity index (χ1v) is 10.4. The van der Waals surface area contributed by atoms with Gasteiger partial charge in [0.1, 0.15) is 17.3 Å². The van der Waals surface area contributed by atoms with E-state index >= 15 is 0 Å². The van der Waals surface area contributed by atoms with Crippen molar-refractivity contribution in [3.05, 3.63) is 72.2 Å². The van der Waals surface area contributed by atoms with Gasteiger partial charge in [-0.25, -0.2) is 12.8 Å². The number of rotatable bonds is 7.